The molecule has 106 valence electrons. The van der Waals surface area contributed by atoms with Crippen molar-refractivity contribution in [1.82, 2.24) is 0 Å². The van der Waals surface area contributed by atoms with Crippen molar-refractivity contribution in [2.75, 3.05) is 13.7 Å². The van der Waals surface area contributed by atoms with E-state index in [-0.39, 0.29) is 31.1 Å². The van der Waals surface area contributed by atoms with Gasteiger partial charge in [-0.1, -0.05) is 60.7 Å². The van der Waals surface area contributed by atoms with E-state index in [2.05, 4.69) is 4.74 Å². The van der Waals surface area contributed by atoms with Crippen molar-refractivity contribution in [3.63, 3.8) is 0 Å². The normalized spacial score (nSPS) is 9.90. The average molecular weight is 293 g/mol. The van der Waals surface area contributed by atoms with Crippen molar-refractivity contribution < 1.29 is 14.3 Å². The van der Waals surface area contributed by atoms with Crippen LogP contribution in [-0.4, -0.2) is 19.7 Å². The first kappa shape index (κ1) is 16.2. The largest absolute Gasteiger partial charge is 0.467 e. The molecule has 0 fully saturated rings. The van der Waals surface area contributed by atoms with Crippen LogP contribution in [0, 0.1) is 0 Å². The fraction of sp³-hybridized carbons (Fsp3) is 0.188. The summed E-state index contributed by atoms with van der Waals surface area (Å²) in [6.07, 6.45) is -0.263. The lowest BCUT2D eigenvalue weighted by molar-refractivity contribution is -0.147. The highest BCUT2D eigenvalue weighted by molar-refractivity contribution is 5.85. The van der Waals surface area contributed by atoms with Gasteiger partial charge in [0.2, 0.25) is 0 Å². The first-order valence-corrected chi connectivity index (χ1v) is 6.09. The van der Waals surface area contributed by atoms with E-state index < -0.39 is 0 Å². The maximum Gasteiger partial charge on any atom is 0.331 e. The summed E-state index contributed by atoms with van der Waals surface area (Å²) >= 11 is 0. The number of halogens is 1. The van der Waals surface area contributed by atoms with Gasteiger partial charge in [-0.25, -0.2) is 4.79 Å². The van der Waals surface area contributed by atoms with Crippen LogP contribution in [0.2, 0.25) is 0 Å². The maximum atomic E-state index is 11.2. The Morgan fingerprint density at radius 1 is 0.950 bits per heavy atom. The fourth-order valence-electron chi connectivity index (χ4n) is 1.85. The molecule has 0 aliphatic carbocycles. The zero-order valence-electron chi connectivity index (χ0n) is 11.2. The number of hydrogen-bond donors (Lipinski definition) is 0. The Kier molecular flexibility index (Phi) is 6.77. The van der Waals surface area contributed by atoms with Gasteiger partial charge in [0.05, 0.1) is 7.11 Å². The standard InChI is InChI=1S/C16H16O3.ClH/c1-18-15(17)12-19-16(13-8-4-2-5-9-13)14-10-6-3-7-11-14;/h2-11,16H,12H2,1H3;1H. The zero-order valence-corrected chi connectivity index (χ0v) is 12.0. The lowest BCUT2D eigenvalue weighted by atomic mass is 10.0. The molecule has 0 unspecified atom stereocenters. The molecule has 0 amide bonds. The minimum Gasteiger partial charge on any atom is -0.467 e. The van der Waals surface area contributed by atoms with Gasteiger partial charge < -0.3 is 9.47 Å². The Bertz CT molecular complexity index is 474. The molecule has 0 aromatic heterocycles. The molecule has 4 heteroatoms. The van der Waals surface area contributed by atoms with Crippen LogP contribution in [0.1, 0.15) is 17.2 Å². The average Bonchev–Trinajstić information content (AvgIpc) is 2.49. The molecule has 0 radical (unpaired) electrons. The minimum absolute atomic E-state index is 0. The first-order chi connectivity index (χ1) is 9.31. The minimum atomic E-state index is -0.378. The molecule has 0 atom stereocenters. The summed E-state index contributed by atoms with van der Waals surface area (Å²) in [7, 11) is 1.35. The molecule has 2 aromatic carbocycles. The van der Waals surface area contributed by atoms with E-state index in [1.165, 1.54) is 7.11 Å². The molecule has 0 N–H and O–H groups in total. The number of benzene rings is 2. The molecule has 0 spiro atoms. The Morgan fingerprint density at radius 3 is 1.80 bits per heavy atom. The molecule has 0 saturated heterocycles. The molecule has 0 bridgehead atoms. The van der Waals surface area contributed by atoms with Crippen LogP contribution >= 0.6 is 12.4 Å². The summed E-state index contributed by atoms with van der Waals surface area (Å²) in [6.45, 7) is -0.0645. The lowest BCUT2D eigenvalue weighted by Gasteiger charge is -2.18. The van der Waals surface area contributed by atoms with Crippen LogP contribution in [0.4, 0.5) is 0 Å². The highest BCUT2D eigenvalue weighted by Gasteiger charge is 2.15. The second-order valence-electron chi connectivity index (χ2n) is 4.09. The van der Waals surface area contributed by atoms with Crippen LogP contribution in [0.25, 0.3) is 0 Å². The predicted octanol–water partition coefficient (Wildman–Crippen LogP) is 3.39. The van der Waals surface area contributed by atoms with Gasteiger partial charge in [0.15, 0.2) is 0 Å². The van der Waals surface area contributed by atoms with Gasteiger partial charge in [-0.2, -0.15) is 0 Å². The van der Waals surface area contributed by atoms with Gasteiger partial charge in [-0.05, 0) is 11.1 Å². The number of methoxy groups -OCH3 is 1. The van der Waals surface area contributed by atoms with Crippen molar-refractivity contribution in [1.29, 1.82) is 0 Å². The summed E-state index contributed by atoms with van der Waals surface area (Å²) in [5, 5.41) is 0. The lowest BCUT2D eigenvalue weighted by Crippen LogP contribution is -2.15. The van der Waals surface area contributed by atoms with Gasteiger partial charge >= 0.3 is 5.97 Å². The Hall–Kier alpha value is -1.84. The van der Waals surface area contributed by atoms with Gasteiger partial charge in [-0.15, -0.1) is 12.4 Å². The summed E-state index contributed by atoms with van der Waals surface area (Å²) in [6, 6.07) is 19.6. The third kappa shape index (κ3) is 4.37. The monoisotopic (exact) mass is 292 g/mol. The molecule has 2 aromatic rings. The van der Waals surface area contributed by atoms with Crippen LogP contribution in [0.3, 0.4) is 0 Å². The number of carbonyl (C=O) groups excluding carboxylic acids is 1. The van der Waals surface area contributed by atoms with Crippen LogP contribution in [0.15, 0.2) is 60.7 Å². The maximum absolute atomic E-state index is 11.2. The van der Waals surface area contributed by atoms with Gasteiger partial charge in [0, 0.05) is 0 Å². The second-order valence-corrected chi connectivity index (χ2v) is 4.09. The number of rotatable bonds is 5. The number of carbonyl (C=O) groups is 1. The first-order valence-electron chi connectivity index (χ1n) is 6.09. The number of esters is 1. The van der Waals surface area contributed by atoms with Crippen molar-refractivity contribution in [2.45, 2.75) is 6.10 Å². The van der Waals surface area contributed by atoms with Crippen molar-refractivity contribution in [3.8, 4) is 0 Å². The molecular weight excluding hydrogens is 276 g/mol. The predicted molar refractivity (Wildman–Crippen MR) is 79.9 cm³/mol. The van der Waals surface area contributed by atoms with Gasteiger partial charge in [-0.3, -0.25) is 0 Å². The molecule has 3 nitrogen and oxygen atoms in total. The highest BCUT2D eigenvalue weighted by atomic mass is 35.5. The van der Waals surface area contributed by atoms with Crippen LogP contribution < -0.4 is 0 Å². The molecule has 0 aliphatic heterocycles. The van der Waals surface area contributed by atoms with Crippen LogP contribution in [0.5, 0.6) is 0 Å². The Labute approximate surface area is 124 Å². The van der Waals surface area contributed by atoms with Crippen molar-refractivity contribution in [2.24, 2.45) is 0 Å². The summed E-state index contributed by atoms with van der Waals surface area (Å²) in [5.41, 5.74) is 2.02. The number of ether oxygens (including phenoxy) is 2. The van der Waals surface area contributed by atoms with E-state index in [1.54, 1.807) is 0 Å². The van der Waals surface area contributed by atoms with Gasteiger partial charge in [0.1, 0.15) is 12.7 Å². The van der Waals surface area contributed by atoms with Crippen LogP contribution in [-0.2, 0) is 14.3 Å². The number of hydrogen-bond acceptors (Lipinski definition) is 3. The zero-order chi connectivity index (χ0) is 13.5. The highest BCUT2D eigenvalue weighted by Crippen LogP contribution is 2.25. The Balaban J connectivity index is 0.00000200. The fourth-order valence-corrected chi connectivity index (χ4v) is 1.85. The molecular formula is C16H17ClO3. The van der Waals surface area contributed by atoms with E-state index in [4.69, 9.17) is 4.74 Å². The van der Waals surface area contributed by atoms with E-state index >= 15 is 0 Å². The smallest absolute Gasteiger partial charge is 0.331 e. The topological polar surface area (TPSA) is 35.5 Å². The molecule has 2 rings (SSSR count). The summed E-state index contributed by atoms with van der Waals surface area (Å²) < 4.78 is 10.3. The van der Waals surface area contributed by atoms with Gasteiger partial charge in [0.25, 0.3) is 0 Å². The molecule has 20 heavy (non-hydrogen) atoms. The van der Waals surface area contributed by atoms with E-state index in [1.807, 2.05) is 60.7 Å². The third-order valence-electron chi connectivity index (χ3n) is 2.80. The summed E-state index contributed by atoms with van der Waals surface area (Å²) in [4.78, 5) is 11.2. The van der Waals surface area contributed by atoms with Crippen molar-refractivity contribution in [3.05, 3.63) is 71.8 Å². The molecule has 0 saturated carbocycles. The SMILES string of the molecule is COC(=O)COC(c1ccccc1)c1ccccc1.Cl. The quantitative estimate of drug-likeness (QED) is 0.793. The van der Waals surface area contributed by atoms with E-state index in [0.29, 0.717) is 0 Å². The van der Waals surface area contributed by atoms with E-state index in [9.17, 15) is 4.79 Å². The molecule has 0 aliphatic rings. The Morgan fingerprint density at radius 2 is 1.40 bits per heavy atom. The summed E-state index contributed by atoms with van der Waals surface area (Å²) in [5.74, 6) is -0.378. The third-order valence-corrected chi connectivity index (χ3v) is 2.80. The second kappa shape index (κ2) is 8.35. The van der Waals surface area contributed by atoms with E-state index in [0.717, 1.165) is 11.1 Å². The molecule has 0 heterocycles. The van der Waals surface area contributed by atoms with Crippen molar-refractivity contribution >= 4 is 18.4 Å².